The van der Waals surface area contributed by atoms with E-state index in [1.807, 2.05) is 11.8 Å². The van der Waals surface area contributed by atoms with Crippen molar-refractivity contribution >= 4 is 5.91 Å². The van der Waals surface area contributed by atoms with Gasteiger partial charge in [0, 0.05) is 13.1 Å². The summed E-state index contributed by atoms with van der Waals surface area (Å²) in [5.41, 5.74) is 1.09. The van der Waals surface area contributed by atoms with Gasteiger partial charge in [0.2, 0.25) is 5.91 Å². The van der Waals surface area contributed by atoms with Crippen LogP contribution in [0.5, 0.6) is 0 Å². The maximum atomic E-state index is 13.3. The van der Waals surface area contributed by atoms with E-state index in [9.17, 15) is 9.18 Å². The van der Waals surface area contributed by atoms with Gasteiger partial charge in [-0.25, -0.2) is 4.39 Å². The number of carbonyl (C=O) groups excluding carboxylic acids is 1. The minimum atomic E-state index is -0.360. The van der Waals surface area contributed by atoms with Gasteiger partial charge in [0.1, 0.15) is 5.82 Å². The third-order valence-electron chi connectivity index (χ3n) is 3.43. The molecule has 4 nitrogen and oxygen atoms in total. The van der Waals surface area contributed by atoms with Crippen LogP contribution in [0.25, 0.3) is 0 Å². The standard InChI is InChI=1S/C14H16FN3O/c1-2-18(13-5-6-17-14(13)19)9-11-7-12(15)4-3-10(11)8-16/h3-4,7,13H,2,5-6,9H2,1H3,(H,17,19)/t13-/m1/s1. The van der Waals surface area contributed by atoms with Gasteiger partial charge in [0.05, 0.1) is 17.7 Å². The minimum absolute atomic E-state index is 0.0109. The lowest BCUT2D eigenvalue weighted by atomic mass is 10.1. The molecule has 0 bridgehead atoms. The second-order valence-electron chi connectivity index (χ2n) is 4.57. The first-order chi connectivity index (χ1) is 9.15. The van der Waals surface area contributed by atoms with Crippen LogP contribution in [0, 0.1) is 17.1 Å². The quantitative estimate of drug-likeness (QED) is 0.891. The number of likely N-dealkylation sites (N-methyl/N-ethyl adjacent to an activating group) is 1. The Morgan fingerprint density at radius 3 is 2.95 bits per heavy atom. The average Bonchev–Trinajstić information content (AvgIpc) is 2.82. The lowest BCUT2D eigenvalue weighted by molar-refractivity contribution is -0.123. The van der Waals surface area contributed by atoms with Gasteiger partial charge in [-0.3, -0.25) is 9.69 Å². The molecule has 1 atom stereocenters. The molecule has 1 fully saturated rings. The highest BCUT2D eigenvalue weighted by Crippen LogP contribution is 2.17. The lowest BCUT2D eigenvalue weighted by Crippen LogP contribution is -2.40. The van der Waals surface area contributed by atoms with E-state index in [4.69, 9.17) is 5.26 Å². The number of carbonyl (C=O) groups is 1. The monoisotopic (exact) mass is 261 g/mol. The molecule has 100 valence electrons. The molecule has 1 aromatic rings. The van der Waals surface area contributed by atoms with Gasteiger partial charge in [-0.2, -0.15) is 5.26 Å². The second-order valence-corrected chi connectivity index (χ2v) is 4.57. The third kappa shape index (κ3) is 2.91. The molecule has 1 N–H and O–H groups in total. The molecule has 5 heteroatoms. The molecule has 1 aromatic carbocycles. The van der Waals surface area contributed by atoms with Crippen molar-refractivity contribution in [1.29, 1.82) is 5.26 Å². The van der Waals surface area contributed by atoms with Crippen LogP contribution < -0.4 is 5.32 Å². The third-order valence-corrected chi connectivity index (χ3v) is 3.43. The van der Waals surface area contributed by atoms with Crippen molar-refractivity contribution in [2.24, 2.45) is 0 Å². The summed E-state index contributed by atoms with van der Waals surface area (Å²) in [7, 11) is 0. The number of hydrogen-bond donors (Lipinski definition) is 1. The summed E-state index contributed by atoms with van der Waals surface area (Å²) >= 11 is 0. The molecule has 0 aromatic heterocycles. The number of hydrogen-bond acceptors (Lipinski definition) is 3. The van der Waals surface area contributed by atoms with Gasteiger partial charge in [-0.15, -0.1) is 0 Å². The van der Waals surface area contributed by atoms with Crippen molar-refractivity contribution in [2.75, 3.05) is 13.1 Å². The van der Waals surface area contributed by atoms with E-state index in [0.29, 0.717) is 30.8 Å². The first-order valence-electron chi connectivity index (χ1n) is 6.36. The fourth-order valence-electron chi connectivity index (χ4n) is 2.39. The van der Waals surface area contributed by atoms with E-state index in [0.717, 1.165) is 6.42 Å². The van der Waals surface area contributed by atoms with Gasteiger partial charge in [0.25, 0.3) is 0 Å². The first-order valence-corrected chi connectivity index (χ1v) is 6.36. The van der Waals surface area contributed by atoms with Crippen LogP contribution in [0.1, 0.15) is 24.5 Å². The van der Waals surface area contributed by atoms with Gasteiger partial charge in [0.15, 0.2) is 0 Å². The molecule has 0 saturated carbocycles. The van der Waals surface area contributed by atoms with Gasteiger partial charge < -0.3 is 5.32 Å². The molecule has 0 aliphatic carbocycles. The normalized spacial score (nSPS) is 18.4. The summed E-state index contributed by atoms with van der Waals surface area (Å²) in [6, 6.07) is 6.01. The lowest BCUT2D eigenvalue weighted by Gasteiger charge is -2.25. The Morgan fingerprint density at radius 1 is 1.58 bits per heavy atom. The molecule has 0 unspecified atom stereocenters. The highest BCUT2D eigenvalue weighted by molar-refractivity contribution is 5.83. The molecule has 19 heavy (non-hydrogen) atoms. The van der Waals surface area contributed by atoms with Crippen molar-refractivity contribution in [3.63, 3.8) is 0 Å². The van der Waals surface area contributed by atoms with Crippen molar-refractivity contribution in [3.8, 4) is 6.07 Å². The Balaban J connectivity index is 2.21. The molecule has 1 aliphatic heterocycles. The first kappa shape index (κ1) is 13.5. The molecule has 2 rings (SSSR count). The summed E-state index contributed by atoms with van der Waals surface area (Å²) in [5.74, 6) is -0.349. The van der Waals surface area contributed by atoms with Crippen molar-refractivity contribution in [3.05, 3.63) is 35.1 Å². The molecule has 0 spiro atoms. The summed E-state index contributed by atoms with van der Waals surface area (Å²) in [5, 5.41) is 11.8. The fraction of sp³-hybridized carbons (Fsp3) is 0.429. The second kappa shape index (κ2) is 5.81. The highest BCUT2D eigenvalue weighted by atomic mass is 19.1. The molecule has 1 amide bonds. The highest BCUT2D eigenvalue weighted by Gasteiger charge is 2.29. The number of nitriles is 1. The number of nitrogens with one attached hydrogen (secondary N) is 1. The maximum absolute atomic E-state index is 13.3. The van der Waals surface area contributed by atoms with E-state index in [1.54, 1.807) is 0 Å². The van der Waals surface area contributed by atoms with Gasteiger partial charge >= 0.3 is 0 Å². The summed E-state index contributed by atoms with van der Waals surface area (Å²) in [6.07, 6.45) is 0.754. The van der Waals surface area contributed by atoms with E-state index in [1.165, 1.54) is 18.2 Å². The van der Waals surface area contributed by atoms with Crippen LogP contribution in [0.15, 0.2) is 18.2 Å². The van der Waals surface area contributed by atoms with Gasteiger partial charge in [-0.05, 0) is 36.7 Å². The van der Waals surface area contributed by atoms with Crippen molar-refractivity contribution in [2.45, 2.75) is 25.9 Å². The van der Waals surface area contributed by atoms with Crippen molar-refractivity contribution < 1.29 is 9.18 Å². The number of rotatable bonds is 4. The molecular weight excluding hydrogens is 245 g/mol. The zero-order chi connectivity index (χ0) is 13.8. The van der Waals surface area contributed by atoms with E-state index in [-0.39, 0.29) is 17.8 Å². The number of amides is 1. The van der Waals surface area contributed by atoms with E-state index in [2.05, 4.69) is 11.4 Å². The SMILES string of the molecule is CCN(Cc1cc(F)ccc1C#N)[C@@H]1CCNC1=O. The molecule has 1 aliphatic rings. The predicted octanol–water partition coefficient (Wildman–Crippen LogP) is 1.41. The Morgan fingerprint density at radius 2 is 2.37 bits per heavy atom. The van der Waals surface area contributed by atoms with Crippen LogP contribution in [0.3, 0.4) is 0 Å². The van der Waals surface area contributed by atoms with Crippen molar-refractivity contribution in [1.82, 2.24) is 10.2 Å². The largest absolute Gasteiger partial charge is 0.355 e. The maximum Gasteiger partial charge on any atom is 0.237 e. The average molecular weight is 261 g/mol. The zero-order valence-electron chi connectivity index (χ0n) is 10.8. The molecular formula is C14H16FN3O. The zero-order valence-corrected chi connectivity index (χ0v) is 10.8. The number of halogens is 1. The van der Waals surface area contributed by atoms with Crippen LogP contribution in [0.4, 0.5) is 4.39 Å². The molecule has 0 radical (unpaired) electrons. The Kier molecular flexibility index (Phi) is 4.13. The molecule has 1 saturated heterocycles. The topological polar surface area (TPSA) is 56.1 Å². The Bertz CT molecular complexity index is 524. The van der Waals surface area contributed by atoms with Crippen LogP contribution in [0.2, 0.25) is 0 Å². The Labute approximate surface area is 111 Å². The smallest absolute Gasteiger partial charge is 0.237 e. The van der Waals surface area contributed by atoms with Crippen LogP contribution in [-0.2, 0) is 11.3 Å². The summed E-state index contributed by atoms with van der Waals surface area (Å²) in [6.45, 7) is 3.72. The summed E-state index contributed by atoms with van der Waals surface area (Å²) < 4.78 is 13.3. The predicted molar refractivity (Wildman–Crippen MR) is 68.6 cm³/mol. The van der Waals surface area contributed by atoms with E-state index >= 15 is 0 Å². The Hall–Kier alpha value is -1.93. The van der Waals surface area contributed by atoms with E-state index < -0.39 is 0 Å². The van der Waals surface area contributed by atoms with Crippen LogP contribution >= 0.6 is 0 Å². The van der Waals surface area contributed by atoms with Crippen LogP contribution in [-0.4, -0.2) is 29.9 Å². The molecule has 1 heterocycles. The fourth-order valence-corrected chi connectivity index (χ4v) is 2.39. The summed E-state index contributed by atoms with van der Waals surface area (Å²) in [4.78, 5) is 13.7. The number of benzene rings is 1. The van der Waals surface area contributed by atoms with Gasteiger partial charge in [-0.1, -0.05) is 6.92 Å². The minimum Gasteiger partial charge on any atom is -0.355 e. The number of nitrogens with zero attached hydrogens (tertiary/aromatic N) is 2.